The number of halogens is 2. The van der Waals surface area contributed by atoms with E-state index >= 15 is 0 Å². The fourth-order valence-corrected chi connectivity index (χ4v) is 8.84. The van der Waals surface area contributed by atoms with Gasteiger partial charge in [-0.15, -0.1) is 11.3 Å². The molecular formula is C32H21Br2N3O4S2. The summed E-state index contributed by atoms with van der Waals surface area (Å²) in [6.07, 6.45) is 3.68. The molecule has 0 saturated carbocycles. The molecule has 1 atom stereocenters. The maximum atomic E-state index is 14.0. The molecule has 0 radical (unpaired) electrons. The number of hydrogen-bond donors (Lipinski definition) is 0. The Balaban J connectivity index is 1.25. The molecular weight excluding hydrogens is 714 g/mol. The molecule has 0 spiro atoms. The number of allylic oxidation sites excluding steroid dienone is 1. The summed E-state index contributed by atoms with van der Waals surface area (Å²) in [7, 11) is 0. The molecule has 11 heteroatoms. The van der Waals surface area contributed by atoms with Crippen molar-refractivity contribution in [1.29, 1.82) is 0 Å². The van der Waals surface area contributed by atoms with E-state index in [0.29, 0.717) is 24.0 Å². The Morgan fingerprint density at radius 1 is 1.05 bits per heavy atom. The van der Waals surface area contributed by atoms with Crippen molar-refractivity contribution in [2.45, 2.75) is 25.5 Å². The normalized spacial score (nSPS) is 15.9. The molecule has 2 aromatic heterocycles. The smallest absolute Gasteiger partial charge is 0.271 e. The van der Waals surface area contributed by atoms with E-state index in [-0.39, 0.29) is 23.9 Å². The molecule has 0 fully saturated rings. The number of thiazole rings is 1. The van der Waals surface area contributed by atoms with Crippen molar-refractivity contribution in [1.82, 2.24) is 4.57 Å². The van der Waals surface area contributed by atoms with Gasteiger partial charge in [0.1, 0.15) is 12.4 Å². The lowest BCUT2D eigenvalue weighted by Crippen LogP contribution is -2.38. The summed E-state index contributed by atoms with van der Waals surface area (Å²) < 4.78 is 9.92. The number of aryl methyl sites for hydroxylation is 1. The second-order valence-corrected chi connectivity index (χ2v) is 13.9. The fourth-order valence-electron chi connectivity index (χ4n) is 5.54. The van der Waals surface area contributed by atoms with Crippen molar-refractivity contribution in [3.05, 3.63) is 150 Å². The van der Waals surface area contributed by atoms with Crippen molar-refractivity contribution in [3.63, 3.8) is 0 Å². The molecule has 5 aromatic rings. The van der Waals surface area contributed by atoms with Crippen LogP contribution in [0.2, 0.25) is 0 Å². The van der Waals surface area contributed by atoms with Crippen molar-refractivity contribution in [2.24, 2.45) is 4.99 Å². The summed E-state index contributed by atoms with van der Waals surface area (Å²) in [6, 6.07) is 22.5. The van der Waals surface area contributed by atoms with Crippen LogP contribution in [0.4, 0.5) is 5.69 Å². The molecule has 1 aliphatic carbocycles. The molecule has 43 heavy (non-hydrogen) atoms. The number of benzene rings is 3. The lowest BCUT2D eigenvalue weighted by atomic mass is 9.85. The van der Waals surface area contributed by atoms with Gasteiger partial charge in [-0.25, -0.2) is 4.99 Å². The van der Waals surface area contributed by atoms with E-state index in [1.54, 1.807) is 23.5 Å². The lowest BCUT2D eigenvalue weighted by molar-refractivity contribution is -0.384. The fraction of sp³-hybridized carbons (Fsp3) is 0.125. The maximum absolute atomic E-state index is 14.0. The van der Waals surface area contributed by atoms with Crippen LogP contribution < -0.4 is 19.6 Å². The molecule has 3 aromatic carbocycles. The predicted molar refractivity (Wildman–Crippen MR) is 176 cm³/mol. The second-order valence-electron chi connectivity index (χ2n) is 10.2. The lowest BCUT2D eigenvalue weighted by Gasteiger charge is -2.30. The highest BCUT2D eigenvalue weighted by Gasteiger charge is 2.33. The Kier molecular flexibility index (Phi) is 7.50. The van der Waals surface area contributed by atoms with Crippen LogP contribution >= 0.6 is 54.5 Å². The Bertz CT molecular complexity index is 2090. The third kappa shape index (κ3) is 5.24. The van der Waals surface area contributed by atoms with Gasteiger partial charge in [-0.3, -0.25) is 19.5 Å². The summed E-state index contributed by atoms with van der Waals surface area (Å²) in [5, 5.41) is 13.0. The van der Waals surface area contributed by atoms with E-state index in [1.807, 2.05) is 28.8 Å². The van der Waals surface area contributed by atoms with Gasteiger partial charge in [-0.05, 0) is 109 Å². The molecule has 7 nitrogen and oxygen atoms in total. The molecule has 2 aliphatic rings. The molecule has 3 heterocycles. The van der Waals surface area contributed by atoms with Gasteiger partial charge in [0, 0.05) is 22.6 Å². The second kappa shape index (κ2) is 11.5. The van der Waals surface area contributed by atoms with Crippen LogP contribution in [0, 0.1) is 10.1 Å². The number of rotatable bonds is 6. The van der Waals surface area contributed by atoms with E-state index < -0.39 is 4.92 Å². The number of aromatic nitrogens is 1. The SMILES string of the molecule is O=c1/c(=C/c2cc(Br)c(OCc3ccc([N+](=O)[O-])cc3)c(Br)c2)sc2n1[C@@H](c1cccs1)C1=C(N=2)c2ccccc2CC1. The first-order chi connectivity index (χ1) is 20.9. The standard InChI is InChI=1S/C32H21Br2N3O4S2/c33-24-14-19(15-25(34)30(24)41-17-18-7-10-21(11-8-18)37(39)40)16-27-31(38)36-29(26-6-3-13-42-26)23-12-9-20-4-1-2-5-22(20)28(23)35-32(36)43-27/h1-8,10-11,13-16,29H,9,12,17H2/b27-16-/t29-/m1/s1. The monoisotopic (exact) mass is 733 g/mol. The van der Waals surface area contributed by atoms with Crippen LogP contribution in [-0.2, 0) is 13.0 Å². The average molecular weight is 735 g/mol. The molecule has 0 amide bonds. The van der Waals surface area contributed by atoms with E-state index in [4.69, 9.17) is 9.73 Å². The number of thiophene rings is 1. The Morgan fingerprint density at radius 3 is 2.53 bits per heavy atom. The molecule has 0 N–H and O–H groups in total. The molecule has 0 bridgehead atoms. The molecule has 0 saturated heterocycles. The Labute approximate surface area is 270 Å². The first kappa shape index (κ1) is 28.1. The number of nitrogens with zero attached hydrogens (tertiary/aromatic N) is 3. The van der Waals surface area contributed by atoms with Crippen LogP contribution in [0.1, 0.15) is 39.6 Å². The first-order valence-corrected chi connectivity index (χ1v) is 16.7. The van der Waals surface area contributed by atoms with Gasteiger partial charge in [-0.2, -0.15) is 0 Å². The topological polar surface area (TPSA) is 86.7 Å². The average Bonchev–Trinajstić information content (AvgIpc) is 3.64. The number of nitro groups is 1. The summed E-state index contributed by atoms with van der Waals surface area (Å²) in [4.78, 5) is 31.4. The Hall–Kier alpha value is -3.64. The Morgan fingerprint density at radius 2 is 1.81 bits per heavy atom. The molecule has 214 valence electrons. The van der Waals surface area contributed by atoms with E-state index in [1.165, 1.54) is 34.6 Å². The van der Waals surface area contributed by atoms with Crippen molar-refractivity contribution < 1.29 is 9.66 Å². The van der Waals surface area contributed by atoms with Gasteiger partial charge in [0.25, 0.3) is 11.2 Å². The quantitative estimate of drug-likeness (QED) is 0.135. The molecule has 0 unspecified atom stereocenters. The molecule has 1 aliphatic heterocycles. The highest BCUT2D eigenvalue weighted by Crippen LogP contribution is 2.42. The number of ether oxygens (including phenoxy) is 1. The van der Waals surface area contributed by atoms with Crippen LogP contribution in [0.3, 0.4) is 0 Å². The largest absolute Gasteiger partial charge is 0.487 e. The van der Waals surface area contributed by atoms with Crippen molar-refractivity contribution >= 4 is 72.0 Å². The van der Waals surface area contributed by atoms with Gasteiger partial charge in [0.2, 0.25) is 0 Å². The van der Waals surface area contributed by atoms with Gasteiger partial charge in [0.15, 0.2) is 4.80 Å². The van der Waals surface area contributed by atoms with Crippen LogP contribution in [0.5, 0.6) is 5.75 Å². The van der Waals surface area contributed by atoms with Crippen LogP contribution in [0.15, 0.2) is 102 Å². The molecule has 7 rings (SSSR count). The van der Waals surface area contributed by atoms with E-state index in [0.717, 1.165) is 40.1 Å². The van der Waals surface area contributed by atoms with E-state index in [9.17, 15) is 14.9 Å². The number of non-ortho nitro benzene ring substituents is 1. The van der Waals surface area contributed by atoms with Gasteiger partial charge >= 0.3 is 0 Å². The third-order valence-electron chi connectivity index (χ3n) is 7.53. The zero-order valence-electron chi connectivity index (χ0n) is 22.3. The zero-order valence-corrected chi connectivity index (χ0v) is 27.1. The van der Waals surface area contributed by atoms with Crippen LogP contribution in [0.25, 0.3) is 11.8 Å². The number of nitro benzene ring substituents is 1. The summed E-state index contributed by atoms with van der Waals surface area (Å²) in [5.74, 6) is 0.598. The highest BCUT2D eigenvalue weighted by molar-refractivity contribution is 9.11. The maximum Gasteiger partial charge on any atom is 0.271 e. The van der Waals surface area contributed by atoms with Crippen molar-refractivity contribution in [3.8, 4) is 5.75 Å². The van der Waals surface area contributed by atoms with Gasteiger partial charge < -0.3 is 4.74 Å². The number of fused-ring (bicyclic) bond motifs is 3. The summed E-state index contributed by atoms with van der Waals surface area (Å²) >= 11 is 10.3. The minimum Gasteiger partial charge on any atom is -0.487 e. The van der Waals surface area contributed by atoms with Gasteiger partial charge in [0.05, 0.1) is 30.1 Å². The third-order valence-corrected chi connectivity index (χ3v) is 10.6. The van der Waals surface area contributed by atoms with E-state index in [2.05, 4.69) is 67.6 Å². The van der Waals surface area contributed by atoms with Gasteiger partial charge in [-0.1, -0.05) is 41.7 Å². The van der Waals surface area contributed by atoms with Crippen molar-refractivity contribution in [2.75, 3.05) is 0 Å². The van der Waals surface area contributed by atoms with Crippen LogP contribution in [-0.4, -0.2) is 9.49 Å². The predicted octanol–water partition coefficient (Wildman–Crippen LogP) is 7.39. The highest BCUT2D eigenvalue weighted by atomic mass is 79.9. The summed E-state index contributed by atoms with van der Waals surface area (Å²) in [6.45, 7) is 0.240. The minimum absolute atomic E-state index is 0.0347. The number of hydrogen-bond acceptors (Lipinski definition) is 7. The first-order valence-electron chi connectivity index (χ1n) is 13.4. The minimum atomic E-state index is -0.428. The zero-order chi connectivity index (χ0) is 29.7. The summed E-state index contributed by atoms with van der Waals surface area (Å²) in [5.41, 5.74) is 6.24.